The summed E-state index contributed by atoms with van der Waals surface area (Å²) in [6.07, 6.45) is 3.88. The molecule has 2 atom stereocenters. The predicted molar refractivity (Wildman–Crippen MR) is 75.5 cm³/mol. The lowest BCUT2D eigenvalue weighted by Gasteiger charge is -2.42. The van der Waals surface area contributed by atoms with Crippen molar-refractivity contribution in [2.24, 2.45) is 0 Å². The Labute approximate surface area is 122 Å². The second kappa shape index (κ2) is 6.80. The van der Waals surface area contributed by atoms with Gasteiger partial charge >= 0.3 is 0 Å². The van der Waals surface area contributed by atoms with Crippen LogP contribution in [-0.2, 0) is 4.79 Å². The number of halogens is 2. The average Bonchev–Trinajstić information content (AvgIpc) is 2.49. The molecule has 1 heterocycles. The van der Waals surface area contributed by atoms with Crippen molar-refractivity contribution in [3.63, 3.8) is 0 Å². The lowest BCUT2D eigenvalue weighted by Crippen LogP contribution is -2.47. The molecule has 1 aromatic rings. The number of aliphatic hydroxyl groups excluding tert-OH is 1. The van der Waals surface area contributed by atoms with E-state index in [-0.39, 0.29) is 31.0 Å². The van der Waals surface area contributed by atoms with Crippen LogP contribution in [0, 0.1) is 11.6 Å². The van der Waals surface area contributed by atoms with Gasteiger partial charge in [0.1, 0.15) is 0 Å². The molecule has 1 aromatic carbocycles. The molecule has 1 aliphatic heterocycles. The second-order valence-corrected chi connectivity index (χ2v) is 5.25. The molecule has 1 saturated heterocycles. The Morgan fingerprint density at radius 2 is 2.14 bits per heavy atom. The quantitative estimate of drug-likeness (QED) is 0.868. The van der Waals surface area contributed by atoms with E-state index in [0.717, 1.165) is 18.6 Å². The smallest absolute Gasteiger partial charge is 0.227 e. The first-order valence-electron chi connectivity index (χ1n) is 7.06. The molecule has 1 fully saturated rings. The lowest BCUT2D eigenvalue weighted by atomic mass is 9.90. The van der Waals surface area contributed by atoms with Gasteiger partial charge in [0, 0.05) is 6.42 Å². The van der Waals surface area contributed by atoms with Gasteiger partial charge in [0.2, 0.25) is 5.91 Å². The highest BCUT2D eigenvalue weighted by Gasteiger charge is 2.34. The van der Waals surface area contributed by atoms with Crippen LogP contribution in [0.3, 0.4) is 0 Å². The Balaban J connectivity index is 2.34. The van der Waals surface area contributed by atoms with Crippen molar-refractivity contribution in [1.29, 1.82) is 0 Å². The van der Waals surface area contributed by atoms with Crippen molar-refractivity contribution in [2.45, 2.75) is 37.8 Å². The van der Waals surface area contributed by atoms with Gasteiger partial charge in [0.05, 0.1) is 18.7 Å². The van der Waals surface area contributed by atoms with Gasteiger partial charge < -0.3 is 10.0 Å². The number of hydrogen-bond donors (Lipinski definition) is 1. The topological polar surface area (TPSA) is 40.5 Å². The van der Waals surface area contributed by atoms with Crippen molar-refractivity contribution in [1.82, 2.24) is 4.90 Å². The number of carbonyl (C=O) groups excluding carboxylic acids is 1. The van der Waals surface area contributed by atoms with Gasteiger partial charge in [-0.25, -0.2) is 8.78 Å². The van der Waals surface area contributed by atoms with Crippen molar-refractivity contribution in [3.05, 3.63) is 48.1 Å². The van der Waals surface area contributed by atoms with Crippen LogP contribution in [0.25, 0.3) is 0 Å². The lowest BCUT2D eigenvalue weighted by molar-refractivity contribution is -0.139. The highest BCUT2D eigenvalue weighted by molar-refractivity contribution is 5.78. The van der Waals surface area contributed by atoms with Crippen LogP contribution in [0.1, 0.15) is 37.3 Å². The summed E-state index contributed by atoms with van der Waals surface area (Å²) in [6, 6.07) is 3.08. The zero-order valence-corrected chi connectivity index (χ0v) is 11.8. The van der Waals surface area contributed by atoms with Gasteiger partial charge in [-0.3, -0.25) is 4.79 Å². The summed E-state index contributed by atoms with van der Waals surface area (Å²) >= 11 is 0. The molecule has 0 radical (unpaired) electrons. The number of nitrogens with zero attached hydrogens (tertiary/aromatic N) is 1. The highest BCUT2D eigenvalue weighted by atomic mass is 19.2. The van der Waals surface area contributed by atoms with E-state index in [1.807, 2.05) is 0 Å². The van der Waals surface area contributed by atoms with Gasteiger partial charge in [-0.1, -0.05) is 12.1 Å². The maximum atomic E-state index is 13.4. The minimum Gasteiger partial charge on any atom is -0.394 e. The molecule has 0 aromatic heterocycles. The Bertz CT molecular complexity index is 533. The maximum absolute atomic E-state index is 13.4. The van der Waals surface area contributed by atoms with Crippen LogP contribution in [0.15, 0.2) is 30.9 Å². The first kappa shape index (κ1) is 15.6. The van der Waals surface area contributed by atoms with Crippen LogP contribution in [0.5, 0.6) is 0 Å². The molecular formula is C16H19F2NO2. The number of rotatable bonds is 4. The van der Waals surface area contributed by atoms with Gasteiger partial charge in [-0.2, -0.15) is 0 Å². The summed E-state index contributed by atoms with van der Waals surface area (Å²) in [4.78, 5) is 13.9. The molecular weight excluding hydrogens is 276 g/mol. The molecule has 3 nitrogen and oxygen atoms in total. The fourth-order valence-electron chi connectivity index (χ4n) is 2.91. The van der Waals surface area contributed by atoms with E-state index in [0.29, 0.717) is 18.4 Å². The number of aliphatic hydroxyl groups is 1. The summed E-state index contributed by atoms with van der Waals surface area (Å²) in [5.41, 5.74) is 0.560. The van der Waals surface area contributed by atoms with Gasteiger partial charge in [-0.15, -0.1) is 6.58 Å². The van der Waals surface area contributed by atoms with Crippen LogP contribution >= 0.6 is 0 Å². The highest BCUT2D eigenvalue weighted by Crippen LogP contribution is 2.35. The SMILES string of the molecule is C=CCC(=O)N1[C@@H](CO)CCC[C@H]1c1ccc(F)c(F)c1. The first-order valence-corrected chi connectivity index (χ1v) is 7.06. The van der Waals surface area contributed by atoms with E-state index in [2.05, 4.69) is 6.58 Å². The maximum Gasteiger partial charge on any atom is 0.227 e. The molecule has 5 heteroatoms. The molecule has 0 spiro atoms. The zero-order valence-electron chi connectivity index (χ0n) is 11.8. The molecule has 114 valence electrons. The summed E-state index contributed by atoms with van der Waals surface area (Å²) in [6.45, 7) is 3.41. The van der Waals surface area contributed by atoms with E-state index >= 15 is 0 Å². The van der Waals surface area contributed by atoms with E-state index < -0.39 is 11.6 Å². The molecule has 21 heavy (non-hydrogen) atoms. The van der Waals surface area contributed by atoms with Crippen LogP contribution in [0.4, 0.5) is 8.78 Å². The third-order valence-corrected chi connectivity index (χ3v) is 3.89. The van der Waals surface area contributed by atoms with Crippen molar-refractivity contribution >= 4 is 5.91 Å². The average molecular weight is 295 g/mol. The standard InChI is InChI=1S/C16H19F2NO2/c1-2-4-16(21)19-12(10-20)5-3-6-15(19)11-7-8-13(17)14(18)9-11/h2,7-9,12,15,20H,1,3-6,10H2/t12-,15+/m1/s1. The molecule has 2 rings (SSSR count). The number of hydrogen-bond acceptors (Lipinski definition) is 2. The minimum absolute atomic E-state index is 0.136. The fourth-order valence-corrected chi connectivity index (χ4v) is 2.91. The molecule has 1 N–H and O–H groups in total. The zero-order chi connectivity index (χ0) is 15.4. The van der Waals surface area contributed by atoms with Gasteiger partial charge in [0.15, 0.2) is 11.6 Å². The minimum atomic E-state index is -0.922. The largest absolute Gasteiger partial charge is 0.394 e. The van der Waals surface area contributed by atoms with Gasteiger partial charge in [-0.05, 0) is 37.0 Å². The van der Waals surface area contributed by atoms with E-state index in [9.17, 15) is 18.7 Å². The van der Waals surface area contributed by atoms with Crippen molar-refractivity contribution in [2.75, 3.05) is 6.61 Å². The molecule has 1 aliphatic rings. The Morgan fingerprint density at radius 1 is 1.38 bits per heavy atom. The number of amides is 1. The molecule has 0 bridgehead atoms. The molecule has 0 aliphatic carbocycles. The van der Waals surface area contributed by atoms with Crippen LogP contribution < -0.4 is 0 Å². The summed E-state index contributed by atoms with van der Waals surface area (Å²) in [5, 5.41) is 9.49. The normalized spacial score (nSPS) is 22.1. The Hall–Kier alpha value is -1.75. The van der Waals surface area contributed by atoms with Gasteiger partial charge in [0.25, 0.3) is 0 Å². The fraction of sp³-hybridized carbons (Fsp3) is 0.438. The van der Waals surface area contributed by atoms with Crippen molar-refractivity contribution < 1.29 is 18.7 Å². The van der Waals surface area contributed by atoms with E-state index in [4.69, 9.17) is 0 Å². The Morgan fingerprint density at radius 3 is 2.76 bits per heavy atom. The van der Waals surface area contributed by atoms with E-state index in [1.165, 1.54) is 12.1 Å². The third-order valence-electron chi connectivity index (χ3n) is 3.89. The summed E-state index contributed by atoms with van der Waals surface area (Å²) in [5.74, 6) is -1.98. The van der Waals surface area contributed by atoms with E-state index in [1.54, 1.807) is 4.90 Å². The number of likely N-dealkylation sites (tertiary alicyclic amines) is 1. The monoisotopic (exact) mass is 295 g/mol. The summed E-state index contributed by atoms with van der Waals surface area (Å²) < 4.78 is 26.5. The first-order chi connectivity index (χ1) is 10.1. The van der Waals surface area contributed by atoms with Crippen LogP contribution in [-0.4, -0.2) is 28.6 Å². The number of carbonyl (C=O) groups is 1. The third kappa shape index (κ3) is 3.29. The van der Waals surface area contributed by atoms with Crippen molar-refractivity contribution in [3.8, 4) is 0 Å². The van der Waals surface area contributed by atoms with Crippen LogP contribution in [0.2, 0.25) is 0 Å². The Kier molecular flexibility index (Phi) is 5.07. The summed E-state index contributed by atoms with van der Waals surface area (Å²) in [7, 11) is 0. The number of piperidine rings is 1. The molecule has 1 amide bonds. The molecule has 0 saturated carbocycles. The predicted octanol–water partition coefficient (Wildman–Crippen LogP) is 2.96. The second-order valence-electron chi connectivity index (χ2n) is 5.25. The number of benzene rings is 1. The molecule has 0 unspecified atom stereocenters.